The van der Waals surface area contributed by atoms with Gasteiger partial charge in [-0.2, -0.15) is 18.3 Å². The molecular weight excluding hydrogens is 523 g/mol. The number of benzene rings is 1. The molecule has 210 valence electrons. The van der Waals surface area contributed by atoms with E-state index in [0.717, 1.165) is 18.2 Å². The Kier molecular flexibility index (Phi) is 10.2. The van der Waals surface area contributed by atoms with Gasteiger partial charge in [0.15, 0.2) is 5.69 Å². The molecule has 0 spiro atoms. The van der Waals surface area contributed by atoms with Crippen molar-refractivity contribution in [1.29, 1.82) is 0 Å². The second kappa shape index (κ2) is 12.9. The minimum atomic E-state index is -4.55. The Bertz CT molecular complexity index is 1120. The number of amides is 2. The topological polar surface area (TPSA) is 70.9 Å². The summed E-state index contributed by atoms with van der Waals surface area (Å²) in [5.41, 5.74) is 0.727. The zero-order chi connectivity index (χ0) is 28.0. The first-order chi connectivity index (χ1) is 17.9. The third-order valence-electron chi connectivity index (χ3n) is 6.64. The summed E-state index contributed by atoms with van der Waals surface area (Å²) in [4.78, 5) is 32.0. The van der Waals surface area contributed by atoms with Gasteiger partial charge >= 0.3 is 6.18 Å². The maximum Gasteiger partial charge on any atom is 0.435 e. The summed E-state index contributed by atoms with van der Waals surface area (Å²) < 4.78 is 45.5. The van der Waals surface area contributed by atoms with Gasteiger partial charge in [-0.1, -0.05) is 17.7 Å². The average molecular weight is 558 g/mol. The number of carbonyl (C=O) groups is 2. The standard InChI is InChI=1S/C26H35ClF3N5O3/c1-18(2)32-9-5-10-34(25(37)17-38-4)22-15-21(27)7-6-20(22)16-33(13-12-32)24(36)8-11-35-19(3)14-23(31-35)26(28,29)30/h6-7,14-15,18H,5,8-13,16-17H2,1-4H3. The van der Waals surface area contributed by atoms with E-state index in [4.69, 9.17) is 16.3 Å². The molecule has 0 saturated heterocycles. The Morgan fingerprint density at radius 3 is 2.47 bits per heavy atom. The number of carbonyl (C=O) groups excluding carboxylic acids is 2. The van der Waals surface area contributed by atoms with Crippen LogP contribution in [0.4, 0.5) is 18.9 Å². The molecule has 2 heterocycles. The van der Waals surface area contributed by atoms with Gasteiger partial charge in [0.05, 0.1) is 5.69 Å². The number of rotatable bonds is 6. The van der Waals surface area contributed by atoms with Crippen LogP contribution in [0.3, 0.4) is 0 Å². The lowest BCUT2D eigenvalue weighted by atomic mass is 10.1. The highest BCUT2D eigenvalue weighted by Gasteiger charge is 2.34. The monoisotopic (exact) mass is 557 g/mol. The second-order valence-corrected chi connectivity index (χ2v) is 10.1. The third-order valence-corrected chi connectivity index (χ3v) is 6.88. The van der Waals surface area contributed by atoms with Crippen LogP contribution in [-0.4, -0.2) is 77.3 Å². The van der Waals surface area contributed by atoms with Crippen molar-refractivity contribution < 1.29 is 27.5 Å². The van der Waals surface area contributed by atoms with Crippen molar-refractivity contribution >= 4 is 29.1 Å². The van der Waals surface area contributed by atoms with Crippen molar-refractivity contribution in [2.24, 2.45) is 0 Å². The highest BCUT2D eigenvalue weighted by atomic mass is 35.5. The third kappa shape index (κ3) is 7.70. The molecule has 0 fully saturated rings. The lowest BCUT2D eigenvalue weighted by Gasteiger charge is -2.30. The normalized spacial score (nSPS) is 15.9. The van der Waals surface area contributed by atoms with Gasteiger partial charge in [-0.05, 0) is 51.0 Å². The molecule has 0 N–H and O–H groups in total. The fourth-order valence-electron chi connectivity index (χ4n) is 4.54. The summed E-state index contributed by atoms with van der Waals surface area (Å²) >= 11 is 6.31. The van der Waals surface area contributed by atoms with Crippen molar-refractivity contribution in [1.82, 2.24) is 19.6 Å². The summed E-state index contributed by atoms with van der Waals surface area (Å²) in [6.45, 7) is 8.08. The van der Waals surface area contributed by atoms with Crippen LogP contribution in [0.25, 0.3) is 0 Å². The second-order valence-electron chi connectivity index (χ2n) is 9.69. The summed E-state index contributed by atoms with van der Waals surface area (Å²) in [5.74, 6) is -0.425. The fourth-order valence-corrected chi connectivity index (χ4v) is 4.71. The highest BCUT2D eigenvalue weighted by molar-refractivity contribution is 6.31. The Morgan fingerprint density at radius 1 is 1.11 bits per heavy atom. The Hall–Kier alpha value is -2.63. The van der Waals surface area contributed by atoms with Gasteiger partial charge in [0.1, 0.15) is 6.61 Å². The first kappa shape index (κ1) is 29.9. The molecule has 0 unspecified atom stereocenters. The van der Waals surface area contributed by atoms with Crippen LogP contribution in [0.15, 0.2) is 24.3 Å². The molecule has 1 aromatic carbocycles. The smallest absolute Gasteiger partial charge is 0.375 e. The number of hydrogen-bond donors (Lipinski definition) is 0. The van der Waals surface area contributed by atoms with E-state index in [0.29, 0.717) is 42.5 Å². The van der Waals surface area contributed by atoms with Crippen LogP contribution < -0.4 is 4.90 Å². The number of methoxy groups -OCH3 is 1. The van der Waals surface area contributed by atoms with Gasteiger partial charge in [-0.15, -0.1) is 0 Å². The van der Waals surface area contributed by atoms with Gasteiger partial charge in [-0.25, -0.2) is 0 Å². The molecular formula is C26H35ClF3N5O3. The molecule has 0 aliphatic carbocycles. The lowest BCUT2D eigenvalue weighted by Crippen LogP contribution is -2.41. The summed E-state index contributed by atoms with van der Waals surface area (Å²) in [7, 11) is 1.46. The molecule has 0 radical (unpaired) electrons. The van der Waals surface area contributed by atoms with E-state index >= 15 is 0 Å². The zero-order valence-corrected chi connectivity index (χ0v) is 23.0. The molecule has 38 heavy (non-hydrogen) atoms. The summed E-state index contributed by atoms with van der Waals surface area (Å²) in [5, 5.41) is 4.10. The fraction of sp³-hybridized carbons (Fsp3) is 0.577. The SMILES string of the molecule is COCC(=O)N1CCCN(C(C)C)CCN(C(=O)CCn2nc(C(F)(F)F)cc2C)Cc2ccc(Cl)cc21. The van der Waals surface area contributed by atoms with Crippen molar-refractivity contribution in [2.45, 2.75) is 58.9 Å². The quantitative estimate of drug-likeness (QED) is 0.527. The van der Waals surface area contributed by atoms with E-state index in [2.05, 4.69) is 23.8 Å². The minimum Gasteiger partial charge on any atom is -0.375 e. The van der Waals surface area contributed by atoms with Crippen LogP contribution in [-0.2, 0) is 33.6 Å². The van der Waals surface area contributed by atoms with Crippen LogP contribution >= 0.6 is 11.6 Å². The maximum absolute atomic E-state index is 13.4. The van der Waals surface area contributed by atoms with E-state index in [1.807, 2.05) is 0 Å². The van der Waals surface area contributed by atoms with Crippen LogP contribution in [0, 0.1) is 6.92 Å². The van der Waals surface area contributed by atoms with Crippen LogP contribution in [0.5, 0.6) is 0 Å². The number of fused-ring (bicyclic) bond motifs is 1. The molecule has 2 aromatic rings. The predicted octanol–water partition coefficient (Wildman–Crippen LogP) is 4.38. The number of ether oxygens (including phenoxy) is 1. The van der Waals surface area contributed by atoms with Crippen molar-refractivity contribution in [2.75, 3.05) is 44.8 Å². The predicted molar refractivity (Wildman–Crippen MR) is 139 cm³/mol. The van der Waals surface area contributed by atoms with Gasteiger partial charge in [0, 0.05) is 69.6 Å². The van der Waals surface area contributed by atoms with Crippen molar-refractivity contribution in [3.63, 3.8) is 0 Å². The van der Waals surface area contributed by atoms with Gasteiger partial charge in [0.2, 0.25) is 5.91 Å². The molecule has 2 amide bonds. The number of aromatic nitrogens is 2. The van der Waals surface area contributed by atoms with Gasteiger partial charge in [0.25, 0.3) is 5.91 Å². The molecule has 3 rings (SSSR count). The van der Waals surface area contributed by atoms with Gasteiger partial charge in [-0.3, -0.25) is 19.2 Å². The number of aryl methyl sites for hydroxylation is 2. The minimum absolute atomic E-state index is 0.0171. The van der Waals surface area contributed by atoms with Gasteiger partial charge < -0.3 is 14.5 Å². The van der Waals surface area contributed by atoms with Crippen molar-refractivity contribution in [3.8, 4) is 0 Å². The molecule has 0 bridgehead atoms. The van der Waals surface area contributed by atoms with Crippen LogP contribution in [0.1, 0.15) is 43.6 Å². The Balaban J connectivity index is 1.89. The molecule has 0 atom stereocenters. The molecule has 1 aromatic heterocycles. The first-order valence-corrected chi connectivity index (χ1v) is 13.0. The van der Waals surface area contributed by atoms with E-state index in [1.54, 1.807) is 28.0 Å². The van der Waals surface area contributed by atoms with E-state index in [1.165, 1.54) is 18.7 Å². The Morgan fingerprint density at radius 2 is 1.84 bits per heavy atom. The molecule has 0 saturated carbocycles. The first-order valence-electron chi connectivity index (χ1n) is 12.6. The van der Waals surface area contributed by atoms with E-state index in [-0.39, 0.29) is 44.0 Å². The largest absolute Gasteiger partial charge is 0.435 e. The lowest BCUT2D eigenvalue weighted by molar-refractivity contribution is -0.141. The summed E-state index contributed by atoms with van der Waals surface area (Å²) in [6, 6.07) is 6.44. The van der Waals surface area contributed by atoms with E-state index < -0.39 is 11.9 Å². The summed E-state index contributed by atoms with van der Waals surface area (Å²) in [6.07, 6.45) is -3.85. The number of anilines is 1. The number of alkyl halides is 3. The van der Waals surface area contributed by atoms with Crippen LogP contribution in [0.2, 0.25) is 5.02 Å². The highest BCUT2D eigenvalue weighted by Crippen LogP contribution is 2.29. The molecule has 8 nitrogen and oxygen atoms in total. The number of nitrogens with zero attached hydrogens (tertiary/aromatic N) is 5. The average Bonchev–Trinajstić information content (AvgIpc) is 3.21. The number of halogens is 4. The molecule has 12 heteroatoms. The number of hydrogen-bond acceptors (Lipinski definition) is 5. The maximum atomic E-state index is 13.4. The molecule has 1 aliphatic rings. The van der Waals surface area contributed by atoms with Crippen molar-refractivity contribution in [3.05, 3.63) is 46.2 Å². The zero-order valence-electron chi connectivity index (χ0n) is 22.2. The molecule has 1 aliphatic heterocycles. The van der Waals surface area contributed by atoms with E-state index in [9.17, 15) is 22.8 Å². The Labute approximate surface area is 226 Å².